The summed E-state index contributed by atoms with van der Waals surface area (Å²) >= 11 is 0. The molecule has 1 unspecified atom stereocenters. The summed E-state index contributed by atoms with van der Waals surface area (Å²) in [4.78, 5) is 0. The van der Waals surface area contributed by atoms with Crippen LogP contribution in [0.3, 0.4) is 0 Å². The number of likely N-dealkylation sites (N-methyl/N-ethyl adjacent to an activating group) is 1. The number of benzene rings is 1. The van der Waals surface area contributed by atoms with Crippen molar-refractivity contribution in [2.24, 2.45) is 5.92 Å². The zero-order valence-electron chi connectivity index (χ0n) is 10.0. The van der Waals surface area contributed by atoms with Crippen LogP contribution < -0.4 is 5.32 Å². The van der Waals surface area contributed by atoms with Gasteiger partial charge in [0.25, 0.3) is 0 Å². The first-order valence-corrected chi connectivity index (χ1v) is 5.68. The van der Waals surface area contributed by atoms with Gasteiger partial charge < -0.3 is 5.32 Å². The smallest absolute Gasteiger partial charge is 0.113 e. The van der Waals surface area contributed by atoms with Gasteiger partial charge in [0.1, 0.15) is 5.52 Å². The molecule has 1 aromatic carbocycles. The van der Waals surface area contributed by atoms with Crippen LogP contribution in [0.5, 0.6) is 0 Å². The Labute approximate surface area is 95.6 Å². The van der Waals surface area contributed by atoms with E-state index in [1.54, 1.807) is 0 Å². The Balaban J connectivity index is 2.44. The van der Waals surface area contributed by atoms with Gasteiger partial charge in [-0.1, -0.05) is 31.2 Å². The van der Waals surface area contributed by atoms with Crippen LogP contribution in [0.2, 0.25) is 0 Å². The average molecular weight is 218 g/mol. The topological polar surface area (TPSA) is 42.7 Å². The van der Waals surface area contributed by atoms with E-state index in [0.717, 1.165) is 17.6 Å². The molecule has 4 nitrogen and oxygen atoms in total. The van der Waals surface area contributed by atoms with Crippen molar-refractivity contribution in [3.8, 4) is 0 Å². The number of aromatic nitrogens is 3. The van der Waals surface area contributed by atoms with Crippen LogP contribution in [-0.4, -0.2) is 28.6 Å². The quantitative estimate of drug-likeness (QED) is 0.851. The van der Waals surface area contributed by atoms with Crippen molar-refractivity contribution in [1.82, 2.24) is 20.3 Å². The van der Waals surface area contributed by atoms with Gasteiger partial charge in [0.05, 0.1) is 11.6 Å². The Morgan fingerprint density at radius 3 is 2.75 bits per heavy atom. The molecule has 0 amide bonds. The van der Waals surface area contributed by atoms with Crippen LogP contribution in [0.25, 0.3) is 11.0 Å². The molecule has 0 fully saturated rings. The molecule has 0 aliphatic rings. The molecule has 16 heavy (non-hydrogen) atoms. The van der Waals surface area contributed by atoms with Crippen LogP contribution in [0.1, 0.15) is 19.9 Å². The highest BCUT2D eigenvalue weighted by molar-refractivity contribution is 5.73. The van der Waals surface area contributed by atoms with E-state index < -0.39 is 0 Å². The normalized spacial score (nSPS) is 13.5. The summed E-state index contributed by atoms with van der Waals surface area (Å²) in [7, 11) is 1.97. The molecule has 0 bridgehead atoms. The third-order valence-electron chi connectivity index (χ3n) is 2.87. The van der Waals surface area contributed by atoms with Crippen LogP contribution >= 0.6 is 0 Å². The number of nitrogens with one attached hydrogen (secondary N) is 1. The zero-order chi connectivity index (χ0) is 11.5. The van der Waals surface area contributed by atoms with Gasteiger partial charge >= 0.3 is 0 Å². The van der Waals surface area contributed by atoms with Crippen molar-refractivity contribution in [3.05, 3.63) is 24.3 Å². The van der Waals surface area contributed by atoms with Crippen molar-refractivity contribution in [1.29, 1.82) is 0 Å². The van der Waals surface area contributed by atoms with E-state index in [4.69, 9.17) is 0 Å². The molecule has 4 heteroatoms. The predicted molar refractivity (Wildman–Crippen MR) is 65.3 cm³/mol. The molecule has 0 saturated heterocycles. The van der Waals surface area contributed by atoms with Gasteiger partial charge in [0, 0.05) is 6.54 Å². The molecule has 1 aromatic heterocycles. The van der Waals surface area contributed by atoms with E-state index >= 15 is 0 Å². The van der Waals surface area contributed by atoms with Crippen LogP contribution in [0.4, 0.5) is 0 Å². The first-order chi connectivity index (χ1) is 7.74. The highest BCUT2D eigenvalue weighted by Crippen LogP contribution is 2.20. The SMILES string of the molecule is CNCC(C(C)C)n1nnc2ccccc21. The Morgan fingerprint density at radius 1 is 1.31 bits per heavy atom. The minimum atomic E-state index is 0.345. The van der Waals surface area contributed by atoms with Crippen molar-refractivity contribution in [2.75, 3.05) is 13.6 Å². The first kappa shape index (κ1) is 11.1. The molecule has 0 aliphatic heterocycles. The van der Waals surface area contributed by atoms with Crippen molar-refractivity contribution in [3.63, 3.8) is 0 Å². The van der Waals surface area contributed by atoms with Crippen LogP contribution in [0.15, 0.2) is 24.3 Å². The molecule has 0 aliphatic carbocycles. The van der Waals surface area contributed by atoms with Gasteiger partial charge in [-0.3, -0.25) is 0 Å². The lowest BCUT2D eigenvalue weighted by atomic mass is 10.0. The van der Waals surface area contributed by atoms with Crippen LogP contribution in [-0.2, 0) is 0 Å². The van der Waals surface area contributed by atoms with Crippen molar-refractivity contribution in [2.45, 2.75) is 19.9 Å². The minimum absolute atomic E-state index is 0.345. The highest BCUT2D eigenvalue weighted by atomic mass is 15.4. The summed E-state index contributed by atoms with van der Waals surface area (Å²) in [6.07, 6.45) is 0. The monoisotopic (exact) mass is 218 g/mol. The van der Waals surface area contributed by atoms with E-state index in [0.29, 0.717) is 12.0 Å². The molecule has 0 saturated carbocycles. The van der Waals surface area contributed by atoms with Gasteiger partial charge in [-0.05, 0) is 25.1 Å². The molecule has 2 aromatic rings. The standard InChI is InChI=1S/C12H18N4/c1-9(2)12(8-13-3)16-11-7-5-4-6-10(11)14-15-16/h4-7,9,12-13H,8H2,1-3H3. The summed E-state index contributed by atoms with van der Waals surface area (Å²) in [6, 6.07) is 8.43. The summed E-state index contributed by atoms with van der Waals surface area (Å²) < 4.78 is 2.02. The predicted octanol–water partition coefficient (Wildman–Crippen LogP) is 1.85. The van der Waals surface area contributed by atoms with Crippen LogP contribution in [0, 0.1) is 5.92 Å². The lowest BCUT2D eigenvalue weighted by Gasteiger charge is -2.21. The molecule has 0 radical (unpaired) electrons. The van der Waals surface area contributed by atoms with Gasteiger partial charge in [0.2, 0.25) is 0 Å². The largest absolute Gasteiger partial charge is 0.318 e. The highest BCUT2D eigenvalue weighted by Gasteiger charge is 2.18. The minimum Gasteiger partial charge on any atom is -0.318 e. The van der Waals surface area contributed by atoms with Gasteiger partial charge in [-0.25, -0.2) is 4.68 Å². The summed E-state index contributed by atoms with van der Waals surface area (Å²) in [6.45, 7) is 5.32. The van der Waals surface area contributed by atoms with E-state index in [-0.39, 0.29) is 0 Å². The fourth-order valence-electron chi connectivity index (χ4n) is 1.95. The molecular weight excluding hydrogens is 200 g/mol. The lowest BCUT2D eigenvalue weighted by molar-refractivity contribution is 0.340. The molecule has 0 spiro atoms. The van der Waals surface area contributed by atoms with Gasteiger partial charge in [-0.2, -0.15) is 0 Å². The zero-order valence-corrected chi connectivity index (χ0v) is 10.0. The third kappa shape index (κ3) is 1.93. The molecular formula is C12H18N4. The second-order valence-electron chi connectivity index (χ2n) is 4.39. The molecule has 1 atom stereocenters. The van der Waals surface area contributed by atoms with E-state index in [1.165, 1.54) is 0 Å². The van der Waals surface area contributed by atoms with E-state index in [1.807, 2.05) is 29.9 Å². The van der Waals surface area contributed by atoms with Crippen molar-refractivity contribution >= 4 is 11.0 Å². The van der Waals surface area contributed by atoms with Gasteiger partial charge in [0.15, 0.2) is 0 Å². The summed E-state index contributed by atoms with van der Waals surface area (Å²) in [5.74, 6) is 0.526. The number of hydrogen-bond acceptors (Lipinski definition) is 3. The Kier molecular flexibility index (Phi) is 3.19. The Morgan fingerprint density at radius 2 is 2.06 bits per heavy atom. The second-order valence-corrected chi connectivity index (χ2v) is 4.39. The molecule has 86 valence electrons. The maximum Gasteiger partial charge on any atom is 0.113 e. The molecule has 1 N–H and O–H groups in total. The molecule has 1 heterocycles. The van der Waals surface area contributed by atoms with E-state index in [9.17, 15) is 0 Å². The summed E-state index contributed by atoms with van der Waals surface area (Å²) in [5, 5.41) is 11.7. The van der Waals surface area contributed by atoms with E-state index in [2.05, 4.69) is 35.5 Å². The number of para-hydroxylation sites is 1. The first-order valence-electron chi connectivity index (χ1n) is 5.68. The number of hydrogen-bond donors (Lipinski definition) is 1. The number of fused-ring (bicyclic) bond motifs is 1. The Hall–Kier alpha value is -1.42. The summed E-state index contributed by atoms with van der Waals surface area (Å²) in [5.41, 5.74) is 2.07. The molecule has 2 rings (SSSR count). The van der Waals surface area contributed by atoms with Crippen molar-refractivity contribution < 1.29 is 0 Å². The number of rotatable bonds is 4. The van der Waals surface area contributed by atoms with Gasteiger partial charge in [-0.15, -0.1) is 5.10 Å². The average Bonchev–Trinajstić information content (AvgIpc) is 2.69. The Bertz CT molecular complexity index is 461. The maximum absolute atomic E-state index is 4.26. The fraction of sp³-hybridized carbons (Fsp3) is 0.500. The second kappa shape index (κ2) is 4.61. The maximum atomic E-state index is 4.26. The lowest BCUT2D eigenvalue weighted by Crippen LogP contribution is -2.27. The third-order valence-corrected chi connectivity index (χ3v) is 2.87. The fourth-order valence-corrected chi connectivity index (χ4v) is 1.95. The number of nitrogens with zero attached hydrogens (tertiary/aromatic N) is 3.